The Hall–Kier alpha value is -5.44. The summed E-state index contributed by atoms with van der Waals surface area (Å²) in [6.07, 6.45) is 0.380. The number of ether oxygens (including phenoxy) is 1. The number of halogens is 1. The van der Waals surface area contributed by atoms with E-state index in [0.29, 0.717) is 29.1 Å². The van der Waals surface area contributed by atoms with Crippen LogP contribution in [0.5, 0.6) is 5.75 Å². The fourth-order valence-electron chi connectivity index (χ4n) is 5.94. The lowest BCUT2D eigenvalue weighted by Gasteiger charge is -2.36. The molecule has 7 rings (SSSR count). The van der Waals surface area contributed by atoms with Crippen LogP contribution in [0.4, 0.5) is 20.6 Å². The van der Waals surface area contributed by atoms with Crippen molar-refractivity contribution in [1.29, 1.82) is 0 Å². The molecule has 0 unspecified atom stereocenters. The Kier molecular flexibility index (Phi) is 6.00. The minimum atomic E-state index is -0.697. The van der Waals surface area contributed by atoms with Crippen LogP contribution in [-0.4, -0.2) is 40.9 Å². The lowest BCUT2D eigenvalue weighted by Crippen LogP contribution is -2.44. The summed E-state index contributed by atoms with van der Waals surface area (Å²) in [6.45, 7) is 0. The topological polar surface area (TPSA) is 94.7 Å². The quantitative estimate of drug-likeness (QED) is 0.256. The first-order valence-corrected chi connectivity index (χ1v) is 13.5. The minimum Gasteiger partial charge on any atom is -0.497 e. The van der Waals surface area contributed by atoms with E-state index in [1.54, 1.807) is 36.3 Å². The van der Waals surface area contributed by atoms with E-state index < -0.39 is 29.8 Å². The summed E-state index contributed by atoms with van der Waals surface area (Å²) in [5.41, 5.74) is 4.86. The Morgan fingerprint density at radius 3 is 2.36 bits per heavy atom. The Morgan fingerprint density at radius 1 is 0.929 bits per heavy atom. The second-order valence-corrected chi connectivity index (χ2v) is 10.3. The van der Waals surface area contributed by atoms with Crippen molar-refractivity contribution in [3.63, 3.8) is 0 Å². The van der Waals surface area contributed by atoms with Gasteiger partial charge in [0.1, 0.15) is 23.7 Å². The van der Waals surface area contributed by atoms with Crippen molar-refractivity contribution in [3.8, 4) is 5.75 Å². The molecule has 208 valence electrons. The lowest BCUT2D eigenvalue weighted by atomic mass is 9.89. The molecule has 4 amide bonds. The van der Waals surface area contributed by atoms with Gasteiger partial charge in [-0.3, -0.25) is 14.5 Å². The Morgan fingerprint density at radius 2 is 1.64 bits per heavy atom. The van der Waals surface area contributed by atoms with E-state index in [-0.39, 0.29) is 5.91 Å². The lowest BCUT2D eigenvalue weighted by molar-refractivity contribution is -0.120. The molecule has 0 saturated carbocycles. The van der Waals surface area contributed by atoms with Crippen LogP contribution in [0.2, 0.25) is 0 Å². The molecule has 42 heavy (non-hydrogen) atoms. The van der Waals surface area contributed by atoms with Crippen LogP contribution in [0.15, 0.2) is 97.1 Å². The number of nitrogens with one attached hydrogen (secondary N) is 2. The number of benzene rings is 4. The van der Waals surface area contributed by atoms with Crippen LogP contribution in [-0.2, 0) is 11.2 Å². The summed E-state index contributed by atoms with van der Waals surface area (Å²) in [5.74, 6) is -0.423. The molecule has 2 N–H and O–H groups in total. The summed E-state index contributed by atoms with van der Waals surface area (Å²) in [7, 11) is 1.60. The number of carbonyl (C=O) groups is 3. The van der Waals surface area contributed by atoms with Crippen molar-refractivity contribution in [3.05, 3.63) is 125 Å². The van der Waals surface area contributed by atoms with Gasteiger partial charge in [-0.15, -0.1) is 0 Å². The number of aromatic nitrogens is 1. The first-order chi connectivity index (χ1) is 20.4. The second-order valence-electron chi connectivity index (χ2n) is 10.3. The van der Waals surface area contributed by atoms with Gasteiger partial charge in [-0.25, -0.2) is 14.1 Å². The van der Waals surface area contributed by atoms with Gasteiger partial charge in [0.15, 0.2) is 0 Å². The summed E-state index contributed by atoms with van der Waals surface area (Å²) in [4.78, 5) is 47.1. The molecule has 8 nitrogen and oxygen atoms in total. The predicted molar refractivity (Wildman–Crippen MR) is 156 cm³/mol. The normalized spacial score (nSPS) is 17.8. The number of aromatic amines is 1. The third kappa shape index (κ3) is 4.09. The molecule has 1 fully saturated rings. The number of anilines is 2. The van der Waals surface area contributed by atoms with Gasteiger partial charge in [0.25, 0.3) is 11.8 Å². The molecule has 5 aromatic rings. The van der Waals surface area contributed by atoms with Gasteiger partial charge < -0.3 is 15.0 Å². The highest BCUT2D eigenvalue weighted by molar-refractivity contribution is 6.22. The number of hydrogen-bond donors (Lipinski definition) is 2. The smallest absolute Gasteiger partial charge is 0.332 e. The van der Waals surface area contributed by atoms with E-state index in [0.717, 1.165) is 27.7 Å². The molecule has 9 heteroatoms. The third-order valence-electron chi connectivity index (χ3n) is 7.97. The van der Waals surface area contributed by atoms with E-state index in [1.165, 1.54) is 29.2 Å². The highest BCUT2D eigenvalue weighted by atomic mass is 19.1. The van der Waals surface area contributed by atoms with Crippen LogP contribution in [0.3, 0.4) is 0 Å². The van der Waals surface area contributed by atoms with Gasteiger partial charge in [0.05, 0.1) is 12.8 Å². The number of fused-ring (bicyclic) bond motifs is 4. The van der Waals surface area contributed by atoms with Gasteiger partial charge in [-0.05, 0) is 77.9 Å². The largest absolute Gasteiger partial charge is 0.497 e. The maximum atomic E-state index is 14.1. The molecule has 2 aliphatic rings. The number of hydrogen-bond acceptors (Lipinski definition) is 4. The predicted octanol–water partition coefficient (Wildman–Crippen LogP) is 6.05. The first kappa shape index (κ1) is 25.5. The summed E-state index contributed by atoms with van der Waals surface area (Å²) in [5, 5.41) is 3.74. The molecule has 4 aromatic carbocycles. The molecule has 0 spiro atoms. The van der Waals surface area contributed by atoms with Crippen LogP contribution < -0.4 is 15.0 Å². The molecule has 1 aromatic heterocycles. The van der Waals surface area contributed by atoms with Gasteiger partial charge in [-0.1, -0.05) is 30.3 Å². The number of urea groups is 1. The highest BCUT2D eigenvalue weighted by Gasteiger charge is 2.53. The zero-order valence-corrected chi connectivity index (χ0v) is 22.5. The number of H-pyrrole nitrogens is 1. The van der Waals surface area contributed by atoms with Crippen LogP contribution in [0.1, 0.15) is 33.2 Å². The fourth-order valence-corrected chi connectivity index (χ4v) is 5.94. The van der Waals surface area contributed by atoms with Crippen molar-refractivity contribution < 1.29 is 23.5 Å². The van der Waals surface area contributed by atoms with E-state index in [1.807, 2.05) is 48.5 Å². The maximum absolute atomic E-state index is 14.1. The van der Waals surface area contributed by atoms with E-state index in [2.05, 4.69) is 10.3 Å². The van der Waals surface area contributed by atoms with Crippen molar-refractivity contribution in [1.82, 2.24) is 9.88 Å². The standard InChI is InChI=1S/C33H25FN4O4/c1-42-24-16-8-19(9-17-24)30-29-26(25-4-2-3-5-27(25)36-29)18-28-32(40)37(33(41)38(28)30)23-14-6-20(7-15-23)31(39)35-22-12-10-21(34)11-13-22/h2-17,28,30,36H,18H2,1H3,(H,35,39)/t28-,30-/m0/s1. The summed E-state index contributed by atoms with van der Waals surface area (Å²) >= 11 is 0. The Bertz CT molecular complexity index is 1850. The minimum absolute atomic E-state index is 0.321. The highest BCUT2D eigenvalue weighted by Crippen LogP contribution is 2.45. The van der Waals surface area contributed by atoms with E-state index >= 15 is 0 Å². The monoisotopic (exact) mass is 560 g/mol. The molecular formula is C33H25FN4O4. The van der Waals surface area contributed by atoms with Gasteiger partial charge in [0.2, 0.25) is 0 Å². The van der Waals surface area contributed by atoms with E-state index in [4.69, 9.17) is 4.74 Å². The molecule has 0 radical (unpaired) electrons. The molecule has 2 atom stereocenters. The summed E-state index contributed by atoms with van der Waals surface area (Å²) < 4.78 is 18.6. The SMILES string of the molecule is COc1ccc([C@H]2c3[nH]c4ccccc4c3C[C@H]3C(=O)N(c4ccc(C(=O)Nc5ccc(F)cc5)cc4)C(=O)N23)cc1. The number of para-hydroxylation sites is 1. The summed E-state index contributed by atoms with van der Waals surface area (Å²) in [6, 6.07) is 25.6. The average Bonchev–Trinajstić information content (AvgIpc) is 3.51. The zero-order valence-electron chi connectivity index (χ0n) is 22.5. The van der Waals surface area contributed by atoms with Crippen molar-refractivity contribution in [2.75, 3.05) is 17.3 Å². The van der Waals surface area contributed by atoms with Crippen LogP contribution >= 0.6 is 0 Å². The number of imide groups is 1. The van der Waals surface area contributed by atoms with Crippen molar-refractivity contribution in [2.45, 2.75) is 18.5 Å². The zero-order chi connectivity index (χ0) is 29.0. The molecule has 2 aliphatic heterocycles. The number of amides is 4. The van der Waals surface area contributed by atoms with Crippen LogP contribution in [0.25, 0.3) is 10.9 Å². The number of methoxy groups -OCH3 is 1. The Labute approximate surface area is 240 Å². The molecule has 0 aliphatic carbocycles. The van der Waals surface area contributed by atoms with Gasteiger partial charge >= 0.3 is 6.03 Å². The number of nitrogens with zero attached hydrogens (tertiary/aromatic N) is 2. The molecule has 3 heterocycles. The first-order valence-electron chi connectivity index (χ1n) is 13.5. The second kappa shape index (κ2) is 9.88. The van der Waals surface area contributed by atoms with Gasteiger partial charge in [0, 0.05) is 34.3 Å². The van der Waals surface area contributed by atoms with E-state index in [9.17, 15) is 18.8 Å². The van der Waals surface area contributed by atoms with Crippen molar-refractivity contribution >= 4 is 40.1 Å². The Balaban J connectivity index is 1.23. The van der Waals surface area contributed by atoms with Crippen LogP contribution in [0, 0.1) is 5.82 Å². The third-order valence-corrected chi connectivity index (χ3v) is 7.97. The number of rotatable bonds is 5. The molecular weight excluding hydrogens is 535 g/mol. The average molecular weight is 561 g/mol. The molecule has 1 saturated heterocycles. The fraction of sp³-hybridized carbons (Fsp3) is 0.121. The number of carbonyl (C=O) groups excluding carboxylic acids is 3. The maximum Gasteiger partial charge on any atom is 0.332 e. The van der Waals surface area contributed by atoms with Gasteiger partial charge in [-0.2, -0.15) is 0 Å². The van der Waals surface area contributed by atoms with Crippen molar-refractivity contribution in [2.24, 2.45) is 0 Å². The molecule has 0 bridgehead atoms.